The minimum atomic E-state index is 0. The molecule has 0 aromatic rings. The van der Waals surface area contributed by atoms with Gasteiger partial charge >= 0.3 is 0 Å². The first kappa shape index (κ1) is 26.6. The van der Waals surface area contributed by atoms with E-state index in [2.05, 4.69) is 25.0 Å². The molecule has 3 saturated heterocycles. The van der Waals surface area contributed by atoms with E-state index in [1.807, 2.05) is 11.9 Å². The Hall–Kier alpha value is -0.690. The average molecular weight is 553 g/mol. The van der Waals surface area contributed by atoms with Crippen molar-refractivity contribution in [2.75, 3.05) is 106 Å². The van der Waals surface area contributed by atoms with E-state index in [4.69, 9.17) is 9.47 Å². The van der Waals surface area contributed by atoms with Crippen molar-refractivity contribution in [1.29, 1.82) is 0 Å². The molecule has 0 atom stereocenters. The van der Waals surface area contributed by atoms with Gasteiger partial charge in [0.1, 0.15) is 0 Å². The second-order valence-electron chi connectivity index (χ2n) is 8.46. The SMILES string of the molecule is CN=C(NCC1CCN(CCOC)CC1)N1CCN(CC(=O)N2CCOCC2)CC1.I. The molecule has 3 aliphatic rings. The first-order chi connectivity index (χ1) is 14.7. The zero-order chi connectivity index (χ0) is 21.2. The number of aliphatic imine (C=N–C) groups is 1. The quantitative estimate of drug-likeness (QED) is 0.271. The van der Waals surface area contributed by atoms with E-state index in [-0.39, 0.29) is 29.9 Å². The van der Waals surface area contributed by atoms with Crippen molar-refractivity contribution < 1.29 is 14.3 Å². The van der Waals surface area contributed by atoms with Crippen LogP contribution in [0.2, 0.25) is 0 Å². The highest BCUT2D eigenvalue weighted by molar-refractivity contribution is 14.0. The largest absolute Gasteiger partial charge is 0.383 e. The number of nitrogens with zero attached hydrogens (tertiary/aromatic N) is 5. The highest BCUT2D eigenvalue weighted by atomic mass is 127. The number of hydrogen-bond donors (Lipinski definition) is 1. The van der Waals surface area contributed by atoms with Crippen LogP contribution in [0.1, 0.15) is 12.8 Å². The average Bonchev–Trinajstić information content (AvgIpc) is 2.80. The standard InChI is InChI=1S/C21H40N6O3.HI/c1-22-21(23-17-19-3-5-24(6-4-19)11-14-29-2)27-9-7-25(8-10-27)18-20(28)26-12-15-30-16-13-26;/h19H,3-18H2,1-2H3,(H,22,23);1H. The molecule has 3 rings (SSSR count). The maximum Gasteiger partial charge on any atom is 0.236 e. The minimum Gasteiger partial charge on any atom is -0.383 e. The van der Waals surface area contributed by atoms with Gasteiger partial charge in [-0.15, -0.1) is 24.0 Å². The van der Waals surface area contributed by atoms with E-state index in [0.717, 1.165) is 78.0 Å². The molecule has 0 radical (unpaired) electrons. The van der Waals surface area contributed by atoms with Crippen LogP contribution >= 0.6 is 24.0 Å². The minimum absolute atomic E-state index is 0. The van der Waals surface area contributed by atoms with Crippen molar-refractivity contribution in [3.05, 3.63) is 0 Å². The normalized spacial score (nSPS) is 22.3. The van der Waals surface area contributed by atoms with Gasteiger partial charge in [-0.1, -0.05) is 0 Å². The number of piperazine rings is 1. The Labute approximate surface area is 204 Å². The number of amides is 1. The summed E-state index contributed by atoms with van der Waals surface area (Å²) in [6.07, 6.45) is 2.45. The van der Waals surface area contributed by atoms with Crippen LogP contribution < -0.4 is 5.32 Å². The summed E-state index contributed by atoms with van der Waals surface area (Å²) in [5.41, 5.74) is 0. The Balaban J connectivity index is 0.00000341. The van der Waals surface area contributed by atoms with Gasteiger partial charge in [0.05, 0.1) is 26.4 Å². The number of hydrogen-bond acceptors (Lipinski definition) is 6. The van der Waals surface area contributed by atoms with Crippen LogP contribution in [-0.4, -0.2) is 137 Å². The number of carbonyl (C=O) groups excluding carboxylic acids is 1. The van der Waals surface area contributed by atoms with Crippen LogP contribution in [0.4, 0.5) is 0 Å². The van der Waals surface area contributed by atoms with Crippen LogP contribution in [-0.2, 0) is 14.3 Å². The van der Waals surface area contributed by atoms with Gasteiger partial charge in [0.15, 0.2) is 5.96 Å². The summed E-state index contributed by atoms with van der Waals surface area (Å²) in [6, 6.07) is 0. The van der Waals surface area contributed by atoms with Crippen LogP contribution in [0.3, 0.4) is 0 Å². The number of ether oxygens (including phenoxy) is 2. The summed E-state index contributed by atoms with van der Waals surface area (Å²) in [7, 11) is 3.63. The van der Waals surface area contributed by atoms with Crippen molar-refractivity contribution in [1.82, 2.24) is 24.9 Å². The van der Waals surface area contributed by atoms with Gasteiger partial charge in [0, 0.05) is 66.5 Å². The summed E-state index contributed by atoms with van der Waals surface area (Å²) < 4.78 is 10.5. The number of halogens is 1. The third-order valence-corrected chi connectivity index (χ3v) is 6.47. The number of nitrogens with one attached hydrogen (secondary N) is 1. The fraction of sp³-hybridized carbons (Fsp3) is 0.905. The number of rotatable bonds is 7. The molecule has 10 heteroatoms. The van der Waals surface area contributed by atoms with E-state index < -0.39 is 0 Å². The molecule has 3 fully saturated rings. The Bertz CT molecular complexity index is 545. The number of methoxy groups -OCH3 is 1. The van der Waals surface area contributed by atoms with Crippen LogP contribution in [0.15, 0.2) is 4.99 Å². The second-order valence-corrected chi connectivity index (χ2v) is 8.46. The highest BCUT2D eigenvalue weighted by Crippen LogP contribution is 2.16. The number of carbonyl (C=O) groups is 1. The third-order valence-electron chi connectivity index (χ3n) is 6.47. The summed E-state index contributed by atoms with van der Waals surface area (Å²) in [5, 5.41) is 3.60. The lowest BCUT2D eigenvalue weighted by Gasteiger charge is -2.38. The lowest BCUT2D eigenvalue weighted by atomic mass is 9.97. The summed E-state index contributed by atoms with van der Waals surface area (Å²) in [5.74, 6) is 1.93. The molecule has 0 aromatic heterocycles. The van der Waals surface area contributed by atoms with Crippen molar-refractivity contribution in [3.63, 3.8) is 0 Å². The molecule has 9 nitrogen and oxygen atoms in total. The molecule has 0 aliphatic carbocycles. The van der Waals surface area contributed by atoms with Crippen molar-refractivity contribution in [2.45, 2.75) is 12.8 Å². The molecule has 0 unspecified atom stereocenters. The molecule has 0 saturated carbocycles. The Morgan fingerprint density at radius 3 is 2.29 bits per heavy atom. The number of likely N-dealkylation sites (tertiary alicyclic amines) is 1. The molecular formula is C21H41IN6O3. The topological polar surface area (TPSA) is 72.9 Å². The molecule has 1 N–H and O–H groups in total. The zero-order valence-electron chi connectivity index (χ0n) is 19.3. The van der Waals surface area contributed by atoms with Crippen LogP contribution in [0, 0.1) is 5.92 Å². The molecule has 3 heterocycles. The lowest BCUT2D eigenvalue weighted by molar-refractivity contribution is -0.136. The number of morpholine rings is 1. The molecule has 3 aliphatic heterocycles. The Morgan fingerprint density at radius 2 is 1.68 bits per heavy atom. The van der Waals surface area contributed by atoms with E-state index in [1.165, 1.54) is 12.8 Å². The van der Waals surface area contributed by atoms with E-state index in [0.29, 0.717) is 25.7 Å². The van der Waals surface area contributed by atoms with Gasteiger partial charge in [-0.25, -0.2) is 0 Å². The Morgan fingerprint density at radius 1 is 1.00 bits per heavy atom. The van der Waals surface area contributed by atoms with E-state index >= 15 is 0 Å². The fourth-order valence-electron chi connectivity index (χ4n) is 4.42. The Kier molecular flexibility index (Phi) is 12.4. The molecule has 1 amide bonds. The maximum absolute atomic E-state index is 12.5. The molecule has 0 spiro atoms. The van der Waals surface area contributed by atoms with Crippen LogP contribution in [0.25, 0.3) is 0 Å². The first-order valence-electron chi connectivity index (χ1n) is 11.4. The summed E-state index contributed by atoms with van der Waals surface area (Å²) in [4.78, 5) is 26.0. The second kappa shape index (κ2) is 14.5. The van der Waals surface area contributed by atoms with E-state index in [1.54, 1.807) is 7.11 Å². The number of guanidine groups is 1. The molecule has 180 valence electrons. The highest BCUT2D eigenvalue weighted by Gasteiger charge is 2.25. The maximum atomic E-state index is 12.5. The van der Waals surface area contributed by atoms with Gasteiger partial charge in [0.2, 0.25) is 5.91 Å². The predicted octanol–water partition coefficient (Wildman–Crippen LogP) is 0.0146. The lowest BCUT2D eigenvalue weighted by Crippen LogP contribution is -2.55. The number of piperidine rings is 1. The molecular weight excluding hydrogens is 511 g/mol. The van der Waals surface area contributed by atoms with Gasteiger partial charge in [-0.2, -0.15) is 0 Å². The van der Waals surface area contributed by atoms with Crippen molar-refractivity contribution in [3.8, 4) is 0 Å². The molecule has 31 heavy (non-hydrogen) atoms. The third kappa shape index (κ3) is 8.64. The summed E-state index contributed by atoms with van der Waals surface area (Å²) in [6.45, 7) is 12.1. The molecule has 0 bridgehead atoms. The van der Waals surface area contributed by atoms with Gasteiger partial charge in [-0.05, 0) is 31.8 Å². The van der Waals surface area contributed by atoms with Crippen molar-refractivity contribution >= 4 is 35.8 Å². The monoisotopic (exact) mass is 552 g/mol. The van der Waals surface area contributed by atoms with Gasteiger partial charge in [-0.3, -0.25) is 14.7 Å². The first-order valence-corrected chi connectivity index (χ1v) is 11.4. The predicted molar refractivity (Wildman–Crippen MR) is 133 cm³/mol. The smallest absolute Gasteiger partial charge is 0.236 e. The van der Waals surface area contributed by atoms with Crippen LogP contribution in [0.5, 0.6) is 0 Å². The molecule has 0 aromatic carbocycles. The zero-order valence-corrected chi connectivity index (χ0v) is 21.6. The summed E-state index contributed by atoms with van der Waals surface area (Å²) >= 11 is 0. The van der Waals surface area contributed by atoms with Gasteiger partial charge in [0.25, 0.3) is 0 Å². The van der Waals surface area contributed by atoms with E-state index in [9.17, 15) is 4.79 Å². The van der Waals surface area contributed by atoms with Crippen molar-refractivity contribution in [2.24, 2.45) is 10.9 Å². The van der Waals surface area contributed by atoms with Gasteiger partial charge < -0.3 is 29.5 Å². The fourth-order valence-corrected chi connectivity index (χ4v) is 4.42.